The lowest BCUT2D eigenvalue weighted by molar-refractivity contribution is -0.116. The maximum atomic E-state index is 13.3. The van der Waals surface area contributed by atoms with E-state index in [1.807, 2.05) is 26.0 Å². The molecule has 1 heterocycles. The number of likely N-dealkylation sites (N-methyl/N-ethyl adjacent to an activating group) is 1. The van der Waals surface area contributed by atoms with Crippen molar-refractivity contribution in [1.29, 1.82) is 0 Å². The minimum atomic E-state index is -3.77. The number of amides is 1. The molecule has 0 aliphatic carbocycles. The van der Waals surface area contributed by atoms with E-state index in [0.29, 0.717) is 23.2 Å². The number of hydrogen-bond donors (Lipinski definition) is 0. The van der Waals surface area contributed by atoms with E-state index in [4.69, 9.17) is 11.6 Å². The molecule has 0 saturated carbocycles. The van der Waals surface area contributed by atoms with Crippen LogP contribution in [0.15, 0.2) is 41.3 Å². The van der Waals surface area contributed by atoms with Gasteiger partial charge in [0.1, 0.15) is 5.75 Å². The predicted octanol–water partition coefficient (Wildman–Crippen LogP) is 4.72. The summed E-state index contributed by atoms with van der Waals surface area (Å²) in [6, 6.07) is 10.2. The van der Waals surface area contributed by atoms with Crippen LogP contribution in [-0.4, -0.2) is 56.1 Å². The number of nitrogens with zero attached hydrogens (tertiary/aromatic N) is 3. The van der Waals surface area contributed by atoms with Crippen LogP contribution < -0.4 is 4.90 Å². The maximum Gasteiger partial charge on any atom is 0.244 e. The molecule has 0 N–H and O–H groups in total. The van der Waals surface area contributed by atoms with Crippen LogP contribution in [0.2, 0.25) is 5.02 Å². The summed E-state index contributed by atoms with van der Waals surface area (Å²) in [7, 11) is -3.77. The Balaban J connectivity index is 1.94. The summed E-state index contributed by atoms with van der Waals surface area (Å²) in [6.45, 7) is 10.6. The van der Waals surface area contributed by atoms with Crippen LogP contribution in [0.3, 0.4) is 0 Å². The maximum absolute atomic E-state index is 13.3. The highest BCUT2D eigenvalue weighted by Crippen LogP contribution is 2.33. The predicted molar refractivity (Wildman–Crippen MR) is 133 cm³/mol. The summed E-state index contributed by atoms with van der Waals surface area (Å²) in [4.78, 5) is 21.8. The van der Waals surface area contributed by atoms with Gasteiger partial charge in [0, 0.05) is 18.1 Å². The lowest BCUT2D eigenvalue weighted by Crippen LogP contribution is -2.41. The average Bonchev–Trinajstić information content (AvgIpc) is 3.18. The van der Waals surface area contributed by atoms with Crippen molar-refractivity contribution in [2.75, 3.05) is 36.8 Å². The lowest BCUT2D eigenvalue weighted by Gasteiger charge is -2.24. The van der Waals surface area contributed by atoms with Gasteiger partial charge in [-0.25, -0.2) is 13.4 Å². The molecule has 1 aromatic heterocycles. The number of carbonyl (C=O) groups excluding carboxylic acids is 1. The molecule has 32 heavy (non-hydrogen) atoms. The standard InChI is InChI=1S/C23H28ClN3O3S2/c1-5-26(6-2)13-14-27(23-25-22-17(4)19(24)11-12-20(22)31-23)21(28)15-32(29,30)18-9-7-16(3)8-10-18/h7-12H,5-6,13-15H2,1-4H3. The molecule has 0 atom stereocenters. The quantitative estimate of drug-likeness (QED) is 0.431. The van der Waals surface area contributed by atoms with Gasteiger partial charge in [-0.3, -0.25) is 9.69 Å². The molecule has 0 aliphatic rings. The summed E-state index contributed by atoms with van der Waals surface area (Å²) < 4.78 is 26.7. The minimum absolute atomic E-state index is 0.145. The molecule has 0 unspecified atom stereocenters. The molecule has 1 amide bonds. The van der Waals surface area contributed by atoms with E-state index in [1.54, 1.807) is 24.3 Å². The van der Waals surface area contributed by atoms with E-state index in [2.05, 4.69) is 23.7 Å². The Morgan fingerprint density at radius 3 is 2.31 bits per heavy atom. The van der Waals surface area contributed by atoms with E-state index in [0.717, 1.165) is 34.4 Å². The summed E-state index contributed by atoms with van der Waals surface area (Å²) in [5.41, 5.74) is 2.54. The van der Waals surface area contributed by atoms with Crippen LogP contribution in [0.25, 0.3) is 10.2 Å². The van der Waals surface area contributed by atoms with Crippen molar-refractivity contribution in [2.24, 2.45) is 0 Å². The molecule has 2 aromatic carbocycles. The topological polar surface area (TPSA) is 70.6 Å². The number of carbonyl (C=O) groups is 1. The molecular formula is C23H28ClN3O3S2. The number of thiazole rings is 1. The average molecular weight is 494 g/mol. The number of aryl methyl sites for hydroxylation is 2. The number of sulfone groups is 1. The number of aromatic nitrogens is 1. The monoisotopic (exact) mass is 493 g/mol. The molecule has 0 radical (unpaired) electrons. The normalized spacial score (nSPS) is 11.9. The first-order valence-electron chi connectivity index (χ1n) is 10.5. The van der Waals surface area contributed by atoms with Gasteiger partial charge >= 0.3 is 0 Å². The fourth-order valence-corrected chi connectivity index (χ4v) is 5.80. The van der Waals surface area contributed by atoms with Gasteiger partial charge in [0.05, 0.1) is 15.1 Å². The highest BCUT2D eigenvalue weighted by molar-refractivity contribution is 7.92. The summed E-state index contributed by atoms with van der Waals surface area (Å²) in [5, 5.41) is 1.10. The Labute approximate surface area is 198 Å². The van der Waals surface area contributed by atoms with E-state index >= 15 is 0 Å². The van der Waals surface area contributed by atoms with Crippen LogP contribution in [0, 0.1) is 13.8 Å². The second-order valence-corrected chi connectivity index (χ2v) is 11.1. The second-order valence-electron chi connectivity index (χ2n) is 7.66. The molecule has 6 nitrogen and oxygen atoms in total. The Kier molecular flexibility index (Phi) is 7.92. The largest absolute Gasteiger partial charge is 0.302 e. The highest BCUT2D eigenvalue weighted by Gasteiger charge is 2.27. The van der Waals surface area contributed by atoms with E-state index in [9.17, 15) is 13.2 Å². The van der Waals surface area contributed by atoms with Gasteiger partial charge in [-0.1, -0.05) is 54.5 Å². The number of halogens is 1. The van der Waals surface area contributed by atoms with Gasteiger partial charge in [0.2, 0.25) is 5.91 Å². The summed E-state index contributed by atoms with van der Waals surface area (Å²) in [6.07, 6.45) is 0. The van der Waals surface area contributed by atoms with Gasteiger partial charge in [0.25, 0.3) is 0 Å². The number of fused-ring (bicyclic) bond motifs is 1. The van der Waals surface area contributed by atoms with Crippen LogP contribution in [0.1, 0.15) is 25.0 Å². The van der Waals surface area contributed by atoms with Gasteiger partial charge < -0.3 is 4.90 Å². The van der Waals surface area contributed by atoms with Crippen molar-refractivity contribution in [3.05, 3.63) is 52.5 Å². The van der Waals surface area contributed by atoms with Crippen LogP contribution in [0.4, 0.5) is 5.13 Å². The minimum Gasteiger partial charge on any atom is -0.302 e. The molecular weight excluding hydrogens is 466 g/mol. The molecule has 0 fully saturated rings. The number of hydrogen-bond acceptors (Lipinski definition) is 6. The summed E-state index contributed by atoms with van der Waals surface area (Å²) in [5.74, 6) is -1.09. The fourth-order valence-electron chi connectivity index (χ4n) is 3.38. The zero-order chi connectivity index (χ0) is 23.5. The Morgan fingerprint density at radius 2 is 1.69 bits per heavy atom. The van der Waals surface area contributed by atoms with Crippen molar-refractivity contribution in [1.82, 2.24) is 9.88 Å². The highest BCUT2D eigenvalue weighted by atomic mass is 35.5. The van der Waals surface area contributed by atoms with E-state index < -0.39 is 21.5 Å². The first-order chi connectivity index (χ1) is 15.2. The molecule has 0 spiro atoms. The molecule has 172 valence electrons. The number of benzene rings is 2. The van der Waals surface area contributed by atoms with Gasteiger partial charge in [0.15, 0.2) is 15.0 Å². The van der Waals surface area contributed by atoms with Crippen molar-refractivity contribution in [2.45, 2.75) is 32.6 Å². The lowest BCUT2D eigenvalue weighted by atomic mass is 10.2. The smallest absolute Gasteiger partial charge is 0.244 e. The molecule has 9 heteroatoms. The van der Waals surface area contributed by atoms with Gasteiger partial charge in [-0.15, -0.1) is 0 Å². The zero-order valence-electron chi connectivity index (χ0n) is 18.8. The van der Waals surface area contributed by atoms with Crippen molar-refractivity contribution < 1.29 is 13.2 Å². The van der Waals surface area contributed by atoms with Crippen LogP contribution >= 0.6 is 22.9 Å². The van der Waals surface area contributed by atoms with Crippen molar-refractivity contribution in [3.63, 3.8) is 0 Å². The van der Waals surface area contributed by atoms with Gasteiger partial charge in [-0.2, -0.15) is 0 Å². The molecule has 3 rings (SSSR count). The number of rotatable bonds is 9. The number of anilines is 1. The van der Waals surface area contributed by atoms with Gasteiger partial charge in [-0.05, 0) is 56.8 Å². The first kappa shape index (κ1) is 24.6. The van der Waals surface area contributed by atoms with E-state index in [1.165, 1.54) is 16.2 Å². The SMILES string of the molecule is CCN(CC)CCN(C(=O)CS(=O)(=O)c1ccc(C)cc1)c1nc2c(C)c(Cl)ccc2s1. The van der Waals surface area contributed by atoms with E-state index in [-0.39, 0.29) is 4.90 Å². The Bertz CT molecular complexity index is 1200. The third-order valence-corrected chi connectivity index (χ3v) is 8.57. The molecule has 0 saturated heterocycles. The third-order valence-electron chi connectivity index (χ3n) is 5.50. The first-order valence-corrected chi connectivity index (χ1v) is 13.4. The third kappa shape index (κ3) is 5.49. The fraction of sp³-hybridized carbons (Fsp3) is 0.391. The van der Waals surface area contributed by atoms with Crippen molar-refractivity contribution >= 4 is 54.0 Å². The Hall–Kier alpha value is -2.00. The summed E-state index contributed by atoms with van der Waals surface area (Å²) >= 11 is 7.61. The Morgan fingerprint density at radius 1 is 1.03 bits per heavy atom. The molecule has 0 aliphatic heterocycles. The van der Waals surface area contributed by atoms with Crippen LogP contribution in [0.5, 0.6) is 0 Å². The molecule has 0 bridgehead atoms. The van der Waals surface area contributed by atoms with Crippen LogP contribution in [-0.2, 0) is 14.6 Å². The zero-order valence-corrected chi connectivity index (χ0v) is 21.1. The van der Waals surface area contributed by atoms with Crippen molar-refractivity contribution in [3.8, 4) is 0 Å². The second kappa shape index (κ2) is 10.3. The molecule has 3 aromatic rings.